The lowest BCUT2D eigenvalue weighted by Gasteiger charge is -2.10. The summed E-state index contributed by atoms with van der Waals surface area (Å²) in [5, 5.41) is 0.812. The van der Waals surface area contributed by atoms with Gasteiger partial charge in [-0.05, 0) is 17.7 Å². The lowest BCUT2D eigenvalue weighted by molar-refractivity contribution is 0.356. The average molecular weight is 255 g/mol. The first-order chi connectivity index (χ1) is 8.19. The number of hydrogen-bond donors (Lipinski definition) is 2. The zero-order chi connectivity index (χ0) is 12.4. The zero-order valence-corrected chi connectivity index (χ0v) is 10.1. The highest BCUT2D eigenvalue weighted by molar-refractivity contribution is 6.28. The number of hydrazine groups is 1. The van der Waals surface area contributed by atoms with Crippen molar-refractivity contribution in [2.45, 2.75) is 0 Å². The van der Waals surface area contributed by atoms with Gasteiger partial charge in [0.15, 0.2) is 17.3 Å². The molecular weight excluding hydrogens is 244 g/mol. The smallest absolute Gasteiger partial charge is 0.224 e. The van der Waals surface area contributed by atoms with Crippen molar-refractivity contribution in [3.05, 3.63) is 17.4 Å². The van der Waals surface area contributed by atoms with E-state index in [1.165, 1.54) is 0 Å². The summed E-state index contributed by atoms with van der Waals surface area (Å²) >= 11 is 5.78. The third-order valence-electron chi connectivity index (χ3n) is 2.31. The molecule has 0 bridgehead atoms. The predicted octanol–water partition coefficient (Wildman–Crippen LogP) is 1.59. The molecule has 7 heteroatoms. The summed E-state index contributed by atoms with van der Waals surface area (Å²) < 4.78 is 10.4. The Morgan fingerprint density at radius 3 is 2.41 bits per heavy atom. The molecule has 0 aliphatic carbocycles. The summed E-state index contributed by atoms with van der Waals surface area (Å²) in [5.41, 5.74) is 3.09. The van der Waals surface area contributed by atoms with Crippen molar-refractivity contribution in [2.75, 3.05) is 19.6 Å². The normalized spacial score (nSPS) is 10.4. The van der Waals surface area contributed by atoms with Crippen LogP contribution in [0.4, 0.5) is 5.82 Å². The largest absolute Gasteiger partial charge is 0.493 e. The van der Waals surface area contributed by atoms with Crippen molar-refractivity contribution in [3.63, 3.8) is 0 Å². The minimum absolute atomic E-state index is 0.109. The lowest BCUT2D eigenvalue weighted by atomic mass is 10.2. The number of benzene rings is 1. The number of ether oxygens (including phenoxy) is 2. The van der Waals surface area contributed by atoms with Crippen LogP contribution >= 0.6 is 11.6 Å². The number of anilines is 1. The van der Waals surface area contributed by atoms with E-state index in [1.54, 1.807) is 26.4 Å². The molecule has 0 amide bonds. The molecule has 90 valence electrons. The molecule has 2 rings (SSSR count). The number of nitrogens with two attached hydrogens (primary N) is 1. The minimum atomic E-state index is 0.109. The molecule has 6 nitrogen and oxygen atoms in total. The van der Waals surface area contributed by atoms with Crippen molar-refractivity contribution >= 4 is 28.3 Å². The fourth-order valence-corrected chi connectivity index (χ4v) is 1.71. The zero-order valence-electron chi connectivity index (χ0n) is 9.32. The summed E-state index contributed by atoms with van der Waals surface area (Å²) in [6.45, 7) is 0. The summed E-state index contributed by atoms with van der Waals surface area (Å²) in [6.07, 6.45) is 0. The Morgan fingerprint density at radius 1 is 1.18 bits per heavy atom. The molecule has 0 radical (unpaired) electrons. The van der Waals surface area contributed by atoms with Crippen molar-refractivity contribution in [1.82, 2.24) is 9.97 Å². The number of nitrogens with zero attached hydrogens (tertiary/aromatic N) is 2. The molecule has 0 unspecified atom stereocenters. The lowest BCUT2D eigenvalue weighted by Crippen LogP contribution is -2.09. The van der Waals surface area contributed by atoms with Crippen LogP contribution < -0.4 is 20.7 Å². The number of nitrogen functional groups attached to an aromatic ring is 1. The maximum Gasteiger partial charge on any atom is 0.224 e. The average Bonchev–Trinajstić information content (AvgIpc) is 2.35. The Balaban J connectivity index is 2.77. The summed E-state index contributed by atoms with van der Waals surface area (Å²) in [4.78, 5) is 8.06. The van der Waals surface area contributed by atoms with E-state index in [9.17, 15) is 0 Å². The Labute approximate surface area is 103 Å². The second kappa shape index (κ2) is 4.60. The van der Waals surface area contributed by atoms with Crippen LogP contribution in [0.5, 0.6) is 11.5 Å². The van der Waals surface area contributed by atoms with Gasteiger partial charge in [-0.3, -0.25) is 0 Å². The van der Waals surface area contributed by atoms with Crippen LogP contribution in [0.25, 0.3) is 10.9 Å². The van der Waals surface area contributed by atoms with E-state index in [0.29, 0.717) is 28.2 Å². The summed E-state index contributed by atoms with van der Waals surface area (Å²) in [6, 6.07) is 3.45. The standard InChI is InChI=1S/C10H11ClN4O2/c1-16-7-3-5-6(4-8(7)17-2)13-10(11)14-9(5)15-12/h3-4H,12H2,1-2H3,(H,13,14,15). The maximum absolute atomic E-state index is 5.78. The molecule has 1 aromatic carbocycles. The van der Waals surface area contributed by atoms with Crippen LogP contribution in [0.3, 0.4) is 0 Å². The van der Waals surface area contributed by atoms with Gasteiger partial charge in [0.25, 0.3) is 0 Å². The Bertz CT molecular complexity index is 561. The van der Waals surface area contributed by atoms with Crippen molar-refractivity contribution in [3.8, 4) is 11.5 Å². The van der Waals surface area contributed by atoms with E-state index in [4.69, 9.17) is 26.9 Å². The first kappa shape index (κ1) is 11.7. The number of methoxy groups -OCH3 is 2. The minimum Gasteiger partial charge on any atom is -0.493 e. The van der Waals surface area contributed by atoms with Crippen LogP contribution in [-0.2, 0) is 0 Å². The quantitative estimate of drug-likeness (QED) is 0.492. The highest BCUT2D eigenvalue weighted by atomic mass is 35.5. The van der Waals surface area contributed by atoms with Gasteiger partial charge < -0.3 is 14.9 Å². The monoisotopic (exact) mass is 254 g/mol. The molecule has 0 saturated heterocycles. The molecule has 0 aliphatic rings. The third kappa shape index (κ3) is 2.04. The predicted molar refractivity (Wildman–Crippen MR) is 65.5 cm³/mol. The molecule has 0 saturated carbocycles. The molecule has 17 heavy (non-hydrogen) atoms. The molecule has 1 aromatic heterocycles. The molecule has 0 fully saturated rings. The number of fused-ring (bicyclic) bond motifs is 1. The SMILES string of the molecule is COc1cc2nc(Cl)nc(NN)c2cc1OC. The maximum atomic E-state index is 5.78. The van der Waals surface area contributed by atoms with Crippen LogP contribution in [0.2, 0.25) is 5.28 Å². The van der Waals surface area contributed by atoms with E-state index in [1.807, 2.05) is 0 Å². The van der Waals surface area contributed by atoms with Gasteiger partial charge in [0.1, 0.15) is 0 Å². The van der Waals surface area contributed by atoms with Gasteiger partial charge in [-0.15, -0.1) is 0 Å². The van der Waals surface area contributed by atoms with Gasteiger partial charge >= 0.3 is 0 Å². The molecule has 1 heterocycles. The first-order valence-electron chi connectivity index (χ1n) is 4.75. The van der Waals surface area contributed by atoms with Gasteiger partial charge in [0, 0.05) is 11.5 Å². The van der Waals surface area contributed by atoms with E-state index in [2.05, 4.69) is 15.4 Å². The molecule has 0 aliphatic heterocycles. The molecule has 2 aromatic rings. The van der Waals surface area contributed by atoms with Crippen LogP contribution in [0, 0.1) is 0 Å². The second-order valence-corrected chi connectivity index (χ2v) is 3.55. The van der Waals surface area contributed by atoms with E-state index in [-0.39, 0.29) is 5.28 Å². The summed E-state index contributed by atoms with van der Waals surface area (Å²) in [7, 11) is 3.10. The van der Waals surface area contributed by atoms with E-state index < -0.39 is 0 Å². The Hall–Kier alpha value is -1.79. The first-order valence-corrected chi connectivity index (χ1v) is 5.13. The van der Waals surface area contributed by atoms with Gasteiger partial charge in [-0.1, -0.05) is 0 Å². The number of halogens is 1. The highest BCUT2D eigenvalue weighted by Gasteiger charge is 2.11. The molecular formula is C10H11ClN4O2. The van der Waals surface area contributed by atoms with Crippen molar-refractivity contribution < 1.29 is 9.47 Å². The number of nitrogens with one attached hydrogen (secondary N) is 1. The fourth-order valence-electron chi connectivity index (χ4n) is 1.54. The number of aromatic nitrogens is 2. The molecule has 0 spiro atoms. The summed E-state index contributed by atoms with van der Waals surface area (Å²) in [5.74, 6) is 6.95. The Morgan fingerprint density at radius 2 is 1.82 bits per heavy atom. The fraction of sp³-hybridized carbons (Fsp3) is 0.200. The van der Waals surface area contributed by atoms with Crippen LogP contribution in [0.1, 0.15) is 0 Å². The second-order valence-electron chi connectivity index (χ2n) is 3.21. The van der Waals surface area contributed by atoms with Crippen LogP contribution in [0.15, 0.2) is 12.1 Å². The van der Waals surface area contributed by atoms with Gasteiger partial charge in [0.2, 0.25) is 5.28 Å². The highest BCUT2D eigenvalue weighted by Crippen LogP contribution is 2.34. The van der Waals surface area contributed by atoms with E-state index >= 15 is 0 Å². The van der Waals surface area contributed by atoms with E-state index in [0.717, 1.165) is 0 Å². The van der Waals surface area contributed by atoms with Gasteiger partial charge in [0.05, 0.1) is 19.7 Å². The third-order valence-corrected chi connectivity index (χ3v) is 2.48. The van der Waals surface area contributed by atoms with Crippen molar-refractivity contribution in [2.24, 2.45) is 5.84 Å². The van der Waals surface area contributed by atoms with Crippen LogP contribution in [-0.4, -0.2) is 24.2 Å². The number of rotatable bonds is 3. The Kier molecular flexibility index (Phi) is 3.16. The van der Waals surface area contributed by atoms with Crippen molar-refractivity contribution in [1.29, 1.82) is 0 Å². The molecule has 0 atom stereocenters. The van der Waals surface area contributed by atoms with Gasteiger partial charge in [-0.25, -0.2) is 10.8 Å². The number of hydrogen-bond acceptors (Lipinski definition) is 6. The molecule has 3 N–H and O–H groups in total. The van der Waals surface area contributed by atoms with Gasteiger partial charge in [-0.2, -0.15) is 4.98 Å². The topological polar surface area (TPSA) is 82.3 Å².